The summed E-state index contributed by atoms with van der Waals surface area (Å²) >= 11 is 0. The zero-order chi connectivity index (χ0) is 15.1. The minimum atomic E-state index is -0.963. The summed E-state index contributed by atoms with van der Waals surface area (Å²) in [5, 5.41) is 8.86. The largest absolute Gasteiger partial charge is 0.480 e. The molecule has 0 aromatic heterocycles. The Morgan fingerprint density at radius 3 is 2.50 bits per heavy atom. The van der Waals surface area contributed by atoms with Crippen LogP contribution in [0.2, 0.25) is 0 Å². The van der Waals surface area contributed by atoms with E-state index in [9.17, 15) is 9.59 Å². The fourth-order valence-electron chi connectivity index (χ4n) is 2.37. The van der Waals surface area contributed by atoms with Crippen molar-refractivity contribution in [1.82, 2.24) is 4.90 Å². The second-order valence-corrected chi connectivity index (χ2v) is 5.17. The van der Waals surface area contributed by atoms with Crippen molar-refractivity contribution in [2.45, 2.75) is 39.5 Å². The number of carbonyl (C=O) groups is 2. The summed E-state index contributed by atoms with van der Waals surface area (Å²) in [6.45, 7) is 6.24. The Morgan fingerprint density at radius 2 is 1.95 bits per heavy atom. The van der Waals surface area contributed by atoms with Gasteiger partial charge in [0.15, 0.2) is 0 Å². The standard InChI is InChI=1S/C16H23NO3/c1-4-9-17(11-16(19)20)15(18)10-13(3)14-8-6-5-7-12(14)2/h5-8,13H,4,9-11H2,1-3H3,(H,19,20). The van der Waals surface area contributed by atoms with Crippen molar-refractivity contribution in [2.24, 2.45) is 0 Å². The van der Waals surface area contributed by atoms with Gasteiger partial charge in [-0.1, -0.05) is 38.1 Å². The number of hydrogen-bond acceptors (Lipinski definition) is 2. The third-order valence-electron chi connectivity index (χ3n) is 3.37. The van der Waals surface area contributed by atoms with Crippen LogP contribution in [-0.2, 0) is 9.59 Å². The molecular weight excluding hydrogens is 254 g/mol. The maximum atomic E-state index is 12.2. The topological polar surface area (TPSA) is 57.6 Å². The van der Waals surface area contributed by atoms with Gasteiger partial charge in [0.05, 0.1) is 0 Å². The first kappa shape index (κ1) is 16.2. The van der Waals surface area contributed by atoms with E-state index in [1.807, 2.05) is 45.0 Å². The molecule has 0 saturated heterocycles. The van der Waals surface area contributed by atoms with Gasteiger partial charge in [-0.3, -0.25) is 9.59 Å². The minimum Gasteiger partial charge on any atom is -0.480 e. The molecule has 110 valence electrons. The monoisotopic (exact) mass is 277 g/mol. The number of aryl methyl sites for hydroxylation is 1. The van der Waals surface area contributed by atoms with Crippen molar-refractivity contribution < 1.29 is 14.7 Å². The number of carbonyl (C=O) groups excluding carboxylic acids is 1. The predicted octanol–water partition coefficient (Wildman–Crippen LogP) is 2.81. The van der Waals surface area contributed by atoms with Crippen LogP contribution < -0.4 is 0 Å². The first-order valence-corrected chi connectivity index (χ1v) is 7.00. The number of benzene rings is 1. The Morgan fingerprint density at radius 1 is 1.30 bits per heavy atom. The molecule has 0 spiro atoms. The third-order valence-corrected chi connectivity index (χ3v) is 3.37. The lowest BCUT2D eigenvalue weighted by Crippen LogP contribution is -2.36. The number of aliphatic carboxylic acids is 1. The summed E-state index contributed by atoms with van der Waals surface area (Å²) in [7, 11) is 0. The van der Waals surface area contributed by atoms with Gasteiger partial charge in [0.1, 0.15) is 6.54 Å². The highest BCUT2D eigenvalue weighted by Gasteiger charge is 2.19. The van der Waals surface area contributed by atoms with Crippen molar-refractivity contribution >= 4 is 11.9 Å². The zero-order valence-electron chi connectivity index (χ0n) is 12.4. The van der Waals surface area contributed by atoms with Crippen LogP contribution in [0.1, 0.15) is 43.7 Å². The van der Waals surface area contributed by atoms with Gasteiger partial charge in [-0.05, 0) is 30.4 Å². The maximum absolute atomic E-state index is 12.2. The van der Waals surface area contributed by atoms with Gasteiger partial charge in [0, 0.05) is 13.0 Å². The van der Waals surface area contributed by atoms with E-state index in [1.165, 1.54) is 4.90 Å². The third kappa shape index (κ3) is 4.68. The molecule has 0 aliphatic carbocycles. The van der Waals surface area contributed by atoms with E-state index < -0.39 is 5.97 Å². The van der Waals surface area contributed by atoms with Crippen LogP contribution in [0, 0.1) is 6.92 Å². The fraction of sp³-hybridized carbons (Fsp3) is 0.500. The molecule has 1 aromatic carbocycles. The second kappa shape index (κ2) is 7.68. The second-order valence-electron chi connectivity index (χ2n) is 5.17. The summed E-state index contributed by atoms with van der Waals surface area (Å²) in [6.07, 6.45) is 1.11. The molecule has 4 heteroatoms. The minimum absolute atomic E-state index is 0.0926. The molecule has 0 heterocycles. The molecule has 1 atom stereocenters. The number of hydrogen-bond donors (Lipinski definition) is 1. The molecule has 1 rings (SSSR count). The smallest absolute Gasteiger partial charge is 0.323 e. The first-order chi connectivity index (χ1) is 9.45. The number of nitrogens with zero attached hydrogens (tertiary/aromatic N) is 1. The normalized spacial score (nSPS) is 11.9. The van der Waals surface area contributed by atoms with E-state index in [1.54, 1.807) is 0 Å². The van der Waals surface area contributed by atoms with Gasteiger partial charge >= 0.3 is 5.97 Å². The van der Waals surface area contributed by atoms with Crippen molar-refractivity contribution in [3.8, 4) is 0 Å². The average Bonchev–Trinajstić information content (AvgIpc) is 2.38. The van der Waals surface area contributed by atoms with Crippen molar-refractivity contribution in [3.63, 3.8) is 0 Å². The van der Waals surface area contributed by atoms with Crippen molar-refractivity contribution in [3.05, 3.63) is 35.4 Å². The van der Waals surface area contributed by atoms with Crippen LogP contribution in [0.4, 0.5) is 0 Å². The van der Waals surface area contributed by atoms with Crippen molar-refractivity contribution in [1.29, 1.82) is 0 Å². The Balaban J connectivity index is 2.72. The summed E-state index contributed by atoms with van der Waals surface area (Å²) in [5.41, 5.74) is 2.31. The van der Waals surface area contributed by atoms with E-state index in [4.69, 9.17) is 5.11 Å². The van der Waals surface area contributed by atoms with E-state index in [0.717, 1.165) is 17.5 Å². The number of rotatable bonds is 7. The summed E-state index contributed by atoms with van der Waals surface area (Å²) in [6, 6.07) is 7.98. The highest BCUT2D eigenvalue weighted by molar-refractivity contribution is 5.81. The predicted molar refractivity (Wildman–Crippen MR) is 78.7 cm³/mol. The Labute approximate surface area is 120 Å². The molecule has 20 heavy (non-hydrogen) atoms. The van der Waals surface area contributed by atoms with Crippen LogP contribution in [0.25, 0.3) is 0 Å². The summed E-state index contributed by atoms with van der Waals surface area (Å²) in [5.74, 6) is -0.961. The number of amides is 1. The average molecular weight is 277 g/mol. The Kier molecular flexibility index (Phi) is 6.22. The van der Waals surface area contributed by atoms with E-state index >= 15 is 0 Å². The molecule has 0 aliphatic rings. The molecule has 4 nitrogen and oxygen atoms in total. The molecule has 0 fully saturated rings. The quantitative estimate of drug-likeness (QED) is 0.833. The molecule has 0 saturated carbocycles. The summed E-state index contributed by atoms with van der Waals surface area (Å²) < 4.78 is 0. The first-order valence-electron chi connectivity index (χ1n) is 7.00. The highest BCUT2D eigenvalue weighted by atomic mass is 16.4. The van der Waals surface area contributed by atoms with Gasteiger partial charge in [-0.15, -0.1) is 0 Å². The maximum Gasteiger partial charge on any atom is 0.323 e. The molecule has 1 unspecified atom stereocenters. The van der Waals surface area contributed by atoms with Crippen LogP contribution in [0.5, 0.6) is 0 Å². The highest BCUT2D eigenvalue weighted by Crippen LogP contribution is 2.23. The number of carboxylic acid groups (broad SMARTS) is 1. The summed E-state index contributed by atoms with van der Waals surface area (Å²) in [4.78, 5) is 24.5. The lowest BCUT2D eigenvalue weighted by atomic mass is 9.93. The van der Waals surface area contributed by atoms with Crippen LogP contribution in [-0.4, -0.2) is 35.0 Å². The zero-order valence-corrected chi connectivity index (χ0v) is 12.4. The molecule has 1 amide bonds. The molecule has 0 bridgehead atoms. The van der Waals surface area contributed by atoms with Crippen LogP contribution in [0.3, 0.4) is 0 Å². The Hall–Kier alpha value is -1.84. The Bertz CT molecular complexity index is 471. The molecule has 0 radical (unpaired) electrons. The molecule has 1 aromatic rings. The van der Waals surface area contributed by atoms with E-state index in [0.29, 0.717) is 13.0 Å². The van der Waals surface area contributed by atoms with Crippen LogP contribution >= 0.6 is 0 Å². The van der Waals surface area contributed by atoms with Gasteiger partial charge < -0.3 is 10.0 Å². The molecule has 0 aliphatic heterocycles. The van der Waals surface area contributed by atoms with E-state index in [2.05, 4.69) is 0 Å². The van der Waals surface area contributed by atoms with Gasteiger partial charge in [0.2, 0.25) is 5.91 Å². The van der Waals surface area contributed by atoms with E-state index in [-0.39, 0.29) is 18.4 Å². The van der Waals surface area contributed by atoms with Crippen LogP contribution in [0.15, 0.2) is 24.3 Å². The van der Waals surface area contributed by atoms with Gasteiger partial charge in [-0.2, -0.15) is 0 Å². The van der Waals surface area contributed by atoms with Crippen molar-refractivity contribution in [2.75, 3.05) is 13.1 Å². The molecular formula is C16H23NO3. The lowest BCUT2D eigenvalue weighted by Gasteiger charge is -2.22. The number of carboxylic acids is 1. The van der Waals surface area contributed by atoms with Gasteiger partial charge in [0.25, 0.3) is 0 Å². The van der Waals surface area contributed by atoms with Gasteiger partial charge in [-0.25, -0.2) is 0 Å². The fourth-order valence-corrected chi connectivity index (χ4v) is 2.37. The lowest BCUT2D eigenvalue weighted by molar-refractivity contribution is -0.144. The molecule has 1 N–H and O–H groups in total. The SMILES string of the molecule is CCCN(CC(=O)O)C(=O)CC(C)c1ccccc1C.